The summed E-state index contributed by atoms with van der Waals surface area (Å²) in [5, 5.41) is 8.94. The van der Waals surface area contributed by atoms with E-state index < -0.39 is 29.2 Å². The summed E-state index contributed by atoms with van der Waals surface area (Å²) in [7, 11) is 0. The number of anilines is 3. The molecule has 5 fully saturated rings. The lowest BCUT2D eigenvalue weighted by Gasteiger charge is -2.48. The minimum atomic E-state index is -0.742. The SMILES string of the molecule is CC(CCC(=O)NC=O)N1C(=O)c2ccc(N3CCC(NC(=O)c4ccc(C(=O)N5CCC6(CC5)C(=O)N(C5CC(N7CCCCC7)C5)c5cc(-c7cc8ncn(C(C)C)c8c(NC8CC8)n7)ccc56)cc4)CC3)cc2C1=O. The van der Waals surface area contributed by atoms with Crippen LogP contribution in [0.4, 0.5) is 17.2 Å². The number of hydrogen-bond acceptors (Lipinski definition) is 12. The number of pyridine rings is 1. The van der Waals surface area contributed by atoms with Gasteiger partial charge < -0.3 is 34.8 Å². The van der Waals surface area contributed by atoms with Crippen LogP contribution >= 0.6 is 0 Å². The maximum absolute atomic E-state index is 15.2. The van der Waals surface area contributed by atoms with Crippen LogP contribution in [0, 0.1) is 0 Å². The molecular formula is C60H69N11O7. The van der Waals surface area contributed by atoms with Gasteiger partial charge in [0.05, 0.1) is 34.1 Å². The lowest BCUT2D eigenvalue weighted by molar-refractivity contribution is -0.126. The third kappa shape index (κ3) is 9.38. The molecule has 2 aliphatic carbocycles. The molecule has 0 bridgehead atoms. The zero-order valence-corrected chi connectivity index (χ0v) is 44.8. The summed E-state index contributed by atoms with van der Waals surface area (Å²) in [6.45, 7) is 10.4. The summed E-state index contributed by atoms with van der Waals surface area (Å²) in [4.78, 5) is 112. The van der Waals surface area contributed by atoms with Crippen molar-refractivity contribution >= 4 is 70.1 Å². The molecule has 3 N–H and O–H groups in total. The fourth-order valence-electron chi connectivity index (χ4n) is 13.1. The maximum atomic E-state index is 15.2. The van der Waals surface area contributed by atoms with E-state index in [1.165, 1.54) is 24.2 Å². The summed E-state index contributed by atoms with van der Waals surface area (Å²) in [6, 6.07) is 21.2. The summed E-state index contributed by atoms with van der Waals surface area (Å²) in [6.07, 6.45) is 12.7. The number of carbonyl (C=O) groups excluding carboxylic acids is 7. The molecule has 1 unspecified atom stereocenters. The van der Waals surface area contributed by atoms with Crippen LogP contribution in [0.15, 0.2) is 73.1 Å². The van der Waals surface area contributed by atoms with E-state index >= 15 is 4.79 Å². The Bertz CT molecular complexity index is 3210. The van der Waals surface area contributed by atoms with Gasteiger partial charge in [-0.3, -0.25) is 43.8 Å². The molecule has 1 atom stereocenters. The Balaban J connectivity index is 0.689. The number of hydrogen-bond donors (Lipinski definition) is 3. The highest BCUT2D eigenvalue weighted by Crippen LogP contribution is 2.52. The molecule has 0 radical (unpaired) electrons. The number of rotatable bonds is 15. The average molecular weight is 1060 g/mol. The van der Waals surface area contributed by atoms with E-state index in [0.29, 0.717) is 92.6 Å². The van der Waals surface area contributed by atoms with E-state index in [-0.39, 0.29) is 48.7 Å². The zero-order chi connectivity index (χ0) is 54.0. The van der Waals surface area contributed by atoms with E-state index in [9.17, 15) is 28.8 Å². The number of fused-ring (bicyclic) bond motifs is 4. The smallest absolute Gasteiger partial charge is 0.261 e. The molecule has 18 nitrogen and oxygen atoms in total. The van der Waals surface area contributed by atoms with Gasteiger partial charge in [-0.25, -0.2) is 9.97 Å². The quantitative estimate of drug-likeness (QED) is 0.0703. The second-order valence-electron chi connectivity index (χ2n) is 23.1. The summed E-state index contributed by atoms with van der Waals surface area (Å²) in [5.41, 5.74) is 7.36. The van der Waals surface area contributed by atoms with Crippen molar-refractivity contribution < 1.29 is 33.6 Å². The minimum Gasteiger partial charge on any atom is -0.371 e. The van der Waals surface area contributed by atoms with Crippen molar-refractivity contribution in [3.8, 4) is 11.3 Å². The highest BCUT2D eigenvalue weighted by atomic mass is 16.2. The first-order chi connectivity index (χ1) is 37.8. The molecule has 7 aliphatic rings. The normalized spacial score (nSPS) is 21.7. The highest BCUT2D eigenvalue weighted by molar-refractivity contribution is 6.22. The maximum Gasteiger partial charge on any atom is 0.261 e. The highest BCUT2D eigenvalue weighted by Gasteiger charge is 2.56. The number of benzene rings is 3. The van der Waals surface area contributed by atoms with Gasteiger partial charge in [-0.15, -0.1) is 0 Å². The number of likely N-dealkylation sites (tertiary alicyclic amines) is 2. The Labute approximate surface area is 454 Å². The predicted molar refractivity (Wildman–Crippen MR) is 296 cm³/mol. The molecule has 7 amide bonds. The molecule has 7 heterocycles. The van der Waals surface area contributed by atoms with Gasteiger partial charge in [0.15, 0.2) is 5.82 Å². The predicted octanol–water partition coefficient (Wildman–Crippen LogP) is 7.23. The van der Waals surface area contributed by atoms with Crippen LogP contribution in [0.2, 0.25) is 0 Å². The van der Waals surface area contributed by atoms with E-state index in [1.54, 1.807) is 43.3 Å². The molecule has 5 aromatic rings. The van der Waals surface area contributed by atoms with Gasteiger partial charge in [0.25, 0.3) is 23.6 Å². The number of aromatic nitrogens is 3. The van der Waals surface area contributed by atoms with Crippen molar-refractivity contribution in [1.82, 2.24) is 39.9 Å². The van der Waals surface area contributed by atoms with E-state index in [1.807, 2.05) is 17.3 Å². The second kappa shape index (κ2) is 20.7. The number of nitrogens with one attached hydrogen (secondary N) is 3. The monoisotopic (exact) mass is 1060 g/mol. The zero-order valence-electron chi connectivity index (χ0n) is 44.8. The van der Waals surface area contributed by atoms with Crippen molar-refractivity contribution in [2.75, 3.05) is 54.4 Å². The Hall–Kier alpha value is -7.47. The molecule has 5 aliphatic heterocycles. The third-order valence-corrected chi connectivity index (χ3v) is 17.9. The van der Waals surface area contributed by atoms with Crippen LogP contribution in [-0.2, 0) is 19.8 Å². The summed E-state index contributed by atoms with van der Waals surface area (Å²) < 4.78 is 2.18. The van der Waals surface area contributed by atoms with E-state index in [4.69, 9.17) is 9.97 Å². The number of imide groups is 2. The van der Waals surface area contributed by atoms with E-state index in [2.05, 4.69) is 73.3 Å². The largest absolute Gasteiger partial charge is 0.371 e. The Morgan fingerprint density at radius 3 is 2.19 bits per heavy atom. The van der Waals surface area contributed by atoms with Gasteiger partial charge in [-0.05, 0) is 165 Å². The van der Waals surface area contributed by atoms with Crippen LogP contribution in [0.1, 0.15) is 157 Å². The van der Waals surface area contributed by atoms with Gasteiger partial charge in [-0.1, -0.05) is 18.6 Å². The fourth-order valence-corrected chi connectivity index (χ4v) is 13.1. The molecule has 1 spiro atoms. The van der Waals surface area contributed by atoms with Crippen LogP contribution in [0.3, 0.4) is 0 Å². The lowest BCUT2D eigenvalue weighted by atomic mass is 9.73. The number of carbonyl (C=O) groups is 7. The molecule has 3 aromatic carbocycles. The average Bonchev–Trinajstić information content (AvgIpc) is 4.26. The van der Waals surface area contributed by atoms with Crippen LogP contribution in [0.5, 0.6) is 0 Å². The van der Waals surface area contributed by atoms with Crippen molar-refractivity contribution in [2.24, 2.45) is 0 Å². The molecule has 12 rings (SSSR count). The molecule has 2 aromatic heterocycles. The first kappa shape index (κ1) is 51.3. The minimum absolute atomic E-state index is 0.00172. The Morgan fingerprint density at radius 1 is 0.769 bits per heavy atom. The van der Waals surface area contributed by atoms with Crippen LogP contribution in [0.25, 0.3) is 22.3 Å². The Kier molecular flexibility index (Phi) is 13.6. The standard InChI is InChI=1S/C60H69N11O7/c1-36(2)69-34-61-50-33-49(65-54(53(50)69)63-41-13-14-41)40-12-17-48-51(29-40)71(45-30-44(31-45)66-23-5-4-6-24-66)59(78)60(48)21-27-68(28-22-60)56(75)39-10-8-38(9-11-39)55(74)64-42-19-25-67(26-20-42)43-15-16-46-47(32-43)58(77)70(57(46)76)37(3)7-18-52(73)62-35-72/h8-12,15-17,29,32-37,41-42,44-45H,4-7,13-14,18-28,30-31H2,1-3H3,(H,63,65)(H,64,74)(H,62,72,73). The van der Waals surface area contributed by atoms with Gasteiger partial charge >= 0.3 is 0 Å². The lowest BCUT2D eigenvalue weighted by Crippen LogP contribution is -2.58. The van der Waals surface area contributed by atoms with Crippen molar-refractivity contribution in [1.29, 1.82) is 0 Å². The number of nitrogens with zero attached hydrogens (tertiary/aromatic N) is 8. The van der Waals surface area contributed by atoms with Crippen molar-refractivity contribution in [3.63, 3.8) is 0 Å². The molecule has 2 saturated carbocycles. The molecular weight excluding hydrogens is 987 g/mol. The van der Waals surface area contributed by atoms with Gasteiger partial charge in [0.2, 0.25) is 18.2 Å². The van der Waals surface area contributed by atoms with Crippen molar-refractivity contribution in [3.05, 3.63) is 101 Å². The van der Waals surface area contributed by atoms with Crippen LogP contribution < -0.4 is 25.8 Å². The molecule has 3 saturated heterocycles. The van der Waals surface area contributed by atoms with Gasteiger partial charge in [0.1, 0.15) is 5.52 Å². The summed E-state index contributed by atoms with van der Waals surface area (Å²) >= 11 is 0. The molecule has 406 valence electrons. The van der Waals surface area contributed by atoms with Crippen LogP contribution in [-0.4, -0.2) is 141 Å². The summed E-state index contributed by atoms with van der Waals surface area (Å²) in [5.74, 6) is -0.634. The van der Waals surface area contributed by atoms with Crippen molar-refractivity contribution in [2.45, 2.75) is 146 Å². The number of amides is 7. The topological polar surface area (TPSA) is 202 Å². The Morgan fingerprint density at radius 2 is 1.49 bits per heavy atom. The third-order valence-electron chi connectivity index (χ3n) is 17.9. The van der Waals surface area contributed by atoms with Gasteiger partial charge in [0, 0.05) is 96.9 Å². The number of piperidine rings is 3. The molecule has 18 heteroatoms. The fraction of sp³-hybridized carbons (Fsp3) is 0.483. The number of imidazole rings is 1. The first-order valence-electron chi connectivity index (χ1n) is 28.4. The molecule has 78 heavy (non-hydrogen) atoms. The second-order valence-corrected chi connectivity index (χ2v) is 23.1. The van der Waals surface area contributed by atoms with E-state index in [0.717, 1.165) is 83.8 Å². The first-order valence-corrected chi connectivity index (χ1v) is 28.4. The van der Waals surface area contributed by atoms with Gasteiger partial charge in [-0.2, -0.15) is 0 Å².